The molecule has 112 valence electrons. The number of thiocarbonyl (C=S) groups is 1. The maximum atomic E-state index is 12.6. The molecule has 0 unspecified atom stereocenters. The zero-order valence-electron chi connectivity index (χ0n) is 11.6. The number of nitrogens with zero attached hydrogens (tertiary/aromatic N) is 1. The summed E-state index contributed by atoms with van der Waals surface area (Å²) in [4.78, 5) is 15.9. The predicted octanol–water partition coefficient (Wildman–Crippen LogP) is 3.59. The van der Waals surface area contributed by atoms with E-state index < -0.39 is 0 Å². The molecule has 2 aromatic rings. The van der Waals surface area contributed by atoms with Gasteiger partial charge in [-0.25, -0.2) is 0 Å². The first-order chi connectivity index (χ1) is 10.1. The maximum absolute atomic E-state index is 12.6. The number of piperidine rings is 1. The van der Waals surface area contributed by atoms with Gasteiger partial charge in [0.2, 0.25) is 0 Å². The number of thiophene rings is 2. The number of thioether (sulfide) groups is 1. The van der Waals surface area contributed by atoms with Gasteiger partial charge in [0, 0.05) is 22.5 Å². The van der Waals surface area contributed by atoms with Crippen LogP contribution in [0.3, 0.4) is 0 Å². The van der Waals surface area contributed by atoms with E-state index in [-0.39, 0.29) is 10.7 Å². The highest BCUT2D eigenvalue weighted by Gasteiger charge is 2.38. The molecule has 3 rings (SSSR count). The first-order valence-electron chi connectivity index (χ1n) is 6.67. The molecule has 7 heteroatoms. The number of nitrogens with two attached hydrogens (primary N) is 1. The van der Waals surface area contributed by atoms with Crippen LogP contribution < -0.4 is 5.73 Å². The van der Waals surface area contributed by atoms with Crippen molar-refractivity contribution in [3.63, 3.8) is 0 Å². The number of carbonyl (C=O) groups excluding carboxylic acids is 1. The van der Waals surface area contributed by atoms with E-state index >= 15 is 0 Å². The van der Waals surface area contributed by atoms with E-state index in [2.05, 4.69) is 11.4 Å². The Balaban J connectivity index is 1.73. The van der Waals surface area contributed by atoms with Crippen molar-refractivity contribution in [2.75, 3.05) is 19.3 Å². The molecule has 0 spiro atoms. The molecule has 0 saturated carbocycles. The van der Waals surface area contributed by atoms with Crippen molar-refractivity contribution < 1.29 is 4.79 Å². The van der Waals surface area contributed by atoms with E-state index in [1.165, 1.54) is 9.40 Å². The minimum atomic E-state index is -0.137. The zero-order chi connectivity index (χ0) is 15.0. The van der Waals surface area contributed by atoms with E-state index in [9.17, 15) is 4.79 Å². The van der Waals surface area contributed by atoms with Gasteiger partial charge in [0.25, 0.3) is 5.91 Å². The van der Waals surface area contributed by atoms with Gasteiger partial charge in [0.15, 0.2) is 0 Å². The van der Waals surface area contributed by atoms with Crippen LogP contribution in [0.15, 0.2) is 17.5 Å². The van der Waals surface area contributed by atoms with Gasteiger partial charge >= 0.3 is 0 Å². The Bertz CT molecular complexity index is 654. The molecule has 21 heavy (non-hydrogen) atoms. The molecule has 1 aliphatic heterocycles. The quantitative estimate of drug-likeness (QED) is 0.854. The van der Waals surface area contributed by atoms with Crippen LogP contribution in [0, 0.1) is 0 Å². The van der Waals surface area contributed by atoms with Crippen molar-refractivity contribution in [3.05, 3.63) is 22.4 Å². The summed E-state index contributed by atoms with van der Waals surface area (Å²) in [6.07, 6.45) is 3.73. The fourth-order valence-electron chi connectivity index (χ4n) is 2.65. The van der Waals surface area contributed by atoms with Gasteiger partial charge in [-0.2, -0.15) is 11.8 Å². The summed E-state index contributed by atoms with van der Waals surface area (Å²) in [5.41, 5.74) is 5.89. The molecule has 0 aliphatic carbocycles. The Hall–Kier alpha value is -0.630. The summed E-state index contributed by atoms with van der Waals surface area (Å²) in [5, 5.41) is 2.06. The summed E-state index contributed by atoms with van der Waals surface area (Å²) in [7, 11) is 0. The lowest BCUT2D eigenvalue weighted by Crippen LogP contribution is -2.50. The van der Waals surface area contributed by atoms with E-state index in [1.807, 2.05) is 17.2 Å². The standard InChI is InChI=1S/C14H16N2OS4/c1-19-14(13(15)18)3-5-16(6-4-14)12(17)11-8-10-9(21-11)2-7-20-10/h2,7-8H,3-6H2,1H3,(H2,15,18). The first-order valence-corrected chi connectivity index (χ1v) is 10.00. The number of hydrogen-bond donors (Lipinski definition) is 1. The van der Waals surface area contributed by atoms with E-state index in [0.29, 0.717) is 4.99 Å². The molecular weight excluding hydrogens is 340 g/mol. The van der Waals surface area contributed by atoms with Crippen molar-refractivity contribution in [2.45, 2.75) is 17.6 Å². The van der Waals surface area contributed by atoms with Gasteiger partial charge in [0.1, 0.15) is 0 Å². The van der Waals surface area contributed by atoms with Crippen LogP contribution in [-0.2, 0) is 0 Å². The Morgan fingerprint density at radius 2 is 2.14 bits per heavy atom. The Kier molecular flexibility index (Phi) is 4.27. The highest BCUT2D eigenvalue weighted by molar-refractivity contribution is 8.02. The monoisotopic (exact) mass is 356 g/mol. The fourth-order valence-corrected chi connectivity index (χ4v) is 5.97. The van der Waals surface area contributed by atoms with Gasteiger partial charge in [0.05, 0.1) is 14.6 Å². The van der Waals surface area contributed by atoms with Crippen LogP contribution in [-0.4, -0.2) is 39.9 Å². The minimum absolute atomic E-state index is 0.137. The van der Waals surface area contributed by atoms with Crippen molar-refractivity contribution in [1.82, 2.24) is 4.90 Å². The second-order valence-electron chi connectivity index (χ2n) is 5.11. The van der Waals surface area contributed by atoms with E-state index in [0.717, 1.165) is 30.8 Å². The zero-order valence-corrected chi connectivity index (χ0v) is 14.9. The summed E-state index contributed by atoms with van der Waals surface area (Å²) in [5.74, 6) is 0.140. The van der Waals surface area contributed by atoms with Crippen LogP contribution in [0.4, 0.5) is 0 Å². The number of likely N-dealkylation sites (tertiary alicyclic amines) is 1. The molecule has 1 aliphatic rings. The Morgan fingerprint density at radius 3 is 2.71 bits per heavy atom. The molecule has 0 bridgehead atoms. The summed E-state index contributed by atoms with van der Waals surface area (Å²) < 4.78 is 2.26. The SMILES string of the molecule is CSC1(C(N)=S)CCN(C(=O)c2cc3sccc3s2)CC1. The predicted molar refractivity (Wildman–Crippen MR) is 97.9 cm³/mol. The molecule has 3 heterocycles. The summed E-state index contributed by atoms with van der Waals surface area (Å²) in [6, 6.07) is 4.08. The molecule has 0 aromatic carbocycles. The molecule has 1 fully saturated rings. The second kappa shape index (κ2) is 5.87. The molecule has 2 N–H and O–H groups in total. The normalized spacial score (nSPS) is 18.0. The largest absolute Gasteiger partial charge is 0.392 e. The van der Waals surface area contributed by atoms with Crippen molar-refractivity contribution in [3.8, 4) is 0 Å². The summed E-state index contributed by atoms with van der Waals surface area (Å²) in [6.45, 7) is 1.45. The molecule has 0 radical (unpaired) electrons. The molecule has 3 nitrogen and oxygen atoms in total. The van der Waals surface area contributed by atoms with Crippen molar-refractivity contribution >= 4 is 66.9 Å². The van der Waals surface area contributed by atoms with Crippen molar-refractivity contribution in [2.24, 2.45) is 5.73 Å². The van der Waals surface area contributed by atoms with Gasteiger partial charge in [-0.1, -0.05) is 12.2 Å². The third-order valence-corrected chi connectivity index (χ3v) is 8.06. The van der Waals surface area contributed by atoms with Crippen molar-refractivity contribution in [1.29, 1.82) is 0 Å². The first kappa shape index (κ1) is 15.3. The average Bonchev–Trinajstić information content (AvgIpc) is 3.07. The van der Waals surface area contributed by atoms with Crippen LogP contribution in [0.1, 0.15) is 22.5 Å². The molecule has 1 saturated heterocycles. The second-order valence-corrected chi connectivity index (χ2v) is 8.78. The highest BCUT2D eigenvalue weighted by Crippen LogP contribution is 2.36. The number of fused-ring (bicyclic) bond motifs is 1. The number of rotatable bonds is 3. The Labute approximate surface area is 141 Å². The van der Waals surface area contributed by atoms with Crippen LogP contribution >= 0.6 is 46.7 Å². The Morgan fingerprint density at radius 1 is 1.43 bits per heavy atom. The fraction of sp³-hybridized carbons (Fsp3) is 0.429. The van der Waals surface area contributed by atoms with Gasteiger partial charge in [-0.3, -0.25) is 4.79 Å². The molecule has 2 aromatic heterocycles. The summed E-state index contributed by atoms with van der Waals surface area (Å²) >= 11 is 10.2. The third-order valence-electron chi connectivity index (χ3n) is 4.05. The van der Waals surface area contributed by atoms with E-state index in [1.54, 1.807) is 34.4 Å². The number of amides is 1. The van der Waals surface area contributed by atoms with Crippen LogP contribution in [0.2, 0.25) is 0 Å². The molecule has 0 atom stereocenters. The maximum Gasteiger partial charge on any atom is 0.263 e. The molecular formula is C14H16N2OS4. The minimum Gasteiger partial charge on any atom is -0.392 e. The lowest BCUT2D eigenvalue weighted by atomic mass is 9.95. The van der Waals surface area contributed by atoms with Gasteiger partial charge in [-0.05, 0) is 36.6 Å². The van der Waals surface area contributed by atoms with Crippen LogP contribution in [0.5, 0.6) is 0 Å². The van der Waals surface area contributed by atoms with Gasteiger partial charge in [-0.15, -0.1) is 22.7 Å². The third kappa shape index (κ3) is 2.72. The smallest absolute Gasteiger partial charge is 0.263 e. The lowest BCUT2D eigenvalue weighted by molar-refractivity contribution is 0.0724. The highest BCUT2D eigenvalue weighted by atomic mass is 32.2. The number of carbonyl (C=O) groups is 1. The lowest BCUT2D eigenvalue weighted by Gasteiger charge is -2.39. The topological polar surface area (TPSA) is 46.3 Å². The van der Waals surface area contributed by atoms with E-state index in [4.69, 9.17) is 18.0 Å². The number of hydrogen-bond acceptors (Lipinski definition) is 5. The van der Waals surface area contributed by atoms with Crippen LogP contribution in [0.25, 0.3) is 9.40 Å². The van der Waals surface area contributed by atoms with Gasteiger partial charge < -0.3 is 10.6 Å². The molecule has 1 amide bonds. The average molecular weight is 357 g/mol.